The summed E-state index contributed by atoms with van der Waals surface area (Å²) < 4.78 is 56.6. The summed E-state index contributed by atoms with van der Waals surface area (Å²) in [6.45, 7) is -1.47. The molecular formula is C12H10F4O3. The van der Waals surface area contributed by atoms with E-state index in [1.807, 2.05) is 0 Å². The second-order valence-electron chi connectivity index (χ2n) is 3.24. The minimum Gasteiger partial charge on any atom is -0.490 e. The Hall–Kier alpha value is -1.78. The van der Waals surface area contributed by atoms with Crippen molar-refractivity contribution < 1.29 is 32.1 Å². The average Bonchev–Trinajstić information content (AvgIpc) is 2.32. The van der Waals surface area contributed by atoms with Gasteiger partial charge in [0, 0.05) is 0 Å². The Morgan fingerprint density at radius 1 is 1.21 bits per heavy atom. The number of aliphatic hydroxyl groups excluding tert-OH is 1. The van der Waals surface area contributed by atoms with Crippen LogP contribution in [0.15, 0.2) is 18.2 Å². The Morgan fingerprint density at radius 3 is 2.58 bits per heavy atom. The van der Waals surface area contributed by atoms with E-state index in [-0.39, 0.29) is 17.9 Å². The predicted molar refractivity (Wildman–Crippen MR) is 57.9 cm³/mol. The van der Waals surface area contributed by atoms with E-state index in [0.29, 0.717) is 0 Å². The van der Waals surface area contributed by atoms with Crippen LogP contribution < -0.4 is 4.74 Å². The zero-order chi connectivity index (χ0) is 14.3. The summed E-state index contributed by atoms with van der Waals surface area (Å²) in [6.07, 6.45) is -4.72. The van der Waals surface area contributed by atoms with E-state index in [4.69, 9.17) is 9.84 Å². The summed E-state index contributed by atoms with van der Waals surface area (Å²) in [5, 5.41) is 8.54. The molecule has 1 aromatic carbocycles. The van der Waals surface area contributed by atoms with Gasteiger partial charge in [0.05, 0.1) is 12.2 Å². The van der Waals surface area contributed by atoms with E-state index in [9.17, 15) is 17.6 Å². The largest absolute Gasteiger partial charge is 0.522 e. The summed E-state index contributed by atoms with van der Waals surface area (Å²) in [6, 6.07) is 3.39. The lowest BCUT2D eigenvalue weighted by Crippen LogP contribution is -2.18. The summed E-state index contributed by atoms with van der Waals surface area (Å²) >= 11 is 0. The van der Waals surface area contributed by atoms with Crippen LogP contribution in [-0.2, 0) is 4.74 Å². The third-order valence-corrected chi connectivity index (χ3v) is 1.85. The van der Waals surface area contributed by atoms with Crippen molar-refractivity contribution in [1.82, 2.24) is 0 Å². The highest BCUT2D eigenvalue weighted by atomic mass is 19.4. The fourth-order valence-corrected chi connectivity index (χ4v) is 1.17. The van der Waals surface area contributed by atoms with Gasteiger partial charge in [0.25, 0.3) is 0 Å². The standard InChI is InChI=1S/C12H10F4O3/c13-10-3-4-11(9(8-10)2-1-5-17)18-6-7-19-12(14,15)16/h3-4,8,17H,5-7H2. The third-order valence-electron chi connectivity index (χ3n) is 1.85. The average molecular weight is 278 g/mol. The molecule has 0 spiro atoms. The van der Waals surface area contributed by atoms with E-state index in [1.165, 1.54) is 6.07 Å². The molecule has 7 heteroatoms. The molecule has 0 aromatic heterocycles. The molecule has 0 amide bonds. The maximum atomic E-state index is 13.0. The van der Waals surface area contributed by atoms with E-state index < -0.39 is 25.4 Å². The van der Waals surface area contributed by atoms with Crippen LogP contribution >= 0.6 is 0 Å². The van der Waals surface area contributed by atoms with Gasteiger partial charge in [-0.15, -0.1) is 13.2 Å². The van der Waals surface area contributed by atoms with E-state index in [0.717, 1.165) is 12.1 Å². The second-order valence-corrected chi connectivity index (χ2v) is 3.24. The molecule has 3 nitrogen and oxygen atoms in total. The normalized spacial score (nSPS) is 10.8. The maximum absolute atomic E-state index is 13.0. The lowest BCUT2D eigenvalue weighted by molar-refractivity contribution is -0.325. The molecule has 0 aliphatic carbocycles. The van der Waals surface area contributed by atoms with Gasteiger partial charge in [-0.25, -0.2) is 4.39 Å². The second kappa shape index (κ2) is 6.97. The van der Waals surface area contributed by atoms with Crippen molar-refractivity contribution in [3.05, 3.63) is 29.6 Å². The van der Waals surface area contributed by atoms with Crippen LogP contribution in [0.4, 0.5) is 17.6 Å². The van der Waals surface area contributed by atoms with Gasteiger partial charge in [-0.2, -0.15) is 0 Å². The van der Waals surface area contributed by atoms with Crippen LogP contribution in [0, 0.1) is 17.7 Å². The van der Waals surface area contributed by atoms with Gasteiger partial charge in [-0.3, -0.25) is 4.74 Å². The number of alkyl halides is 3. The molecule has 0 saturated heterocycles. The number of rotatable bonds is 4. The Balaban J connectivity index is 2.62. The van der Waals surface area contributed by atoms with Gasteiger partial charge >= 0.3 is 6.36 Å². The maximum Gasteiger partial charge on any atom is 0.522 e. The van der Waals surface area contributed by atoms with Crippen molar-refractivity contribution in [2.45, 2.75) is 6.36 Å². The summed E-state index contributed by atoms with van der Waals surface area (Å²) in [7, 11) is 0. The first-order valence-electron chi connectivity index (χ1n) is 5.15. The van der Waals surface area contributed by atoms with Crippen LogP contribution in [-0.4, -0.2) is 31.3 Å². The third kappa shape index (κ3) is 6.08. The Labute approximate surface area is 106 Å². The molecule has 1 aromatic rings. The topological polar surface area (TPSA) is 38.7 Å². The molecule has 0 saturated carbocycles. The molecule has 0 aliphatic rings. The fraction of sp³-hybridized carbons (Fsp3) is 0.333. The van der Waals surface area contributed by atoms with Gasteiger partial charge < -0.3 is 9.84 Å². The van der Waals surface area contributed by atoms with Crippen LogP contribution in [0.5, 0.6) is 5.75 Å². The first-order chi connectivity index (χ1) is 8.92. The lowest BCUT2D eigenvalue weighted by atomic mass is 10.2. The molecule has 0 unspecified atom stereocenters. The first kappa shape index (κ1) is 15.3. The van der Waals surface area contributed by atoms with Gasteiger partial charge in [-0.1, -0.05) is 11.8 Å². The number of hydrogen-bond acceptors (Lipinski definition) is 3. The molecule has 0 heterocycles. The highest BCUT2D eigenvalue weighted by Gasteiger charge is 2.28. The molecule has 104 valence electrons. The van der Waals surface area contributed by atoms with Crippen LogP contribution in [0.25, 0.3) is 0 Å². The van der Waals surface area contributed by atoms with Gasteiger partial charge in [-0.05, 0) is 18.2 Å². The minimum absolute atomic E-state index is 0.119. The van der Waals surface area contributed by atoms with E-state index in [2.05, 4.69) is 16.6 Å². The number of ether oxygens (including phenoxy) is 2. The highest BCUT2D eigenvalue weighted by Crippen LogP contribution is 2.19. The predicted octanol–water partition coefficient (Wildman–Crippen LogP) is 2.08. The van der Waals surface area contributed by atoms with Crippen LogP contribution in [0.2, 0.25) is 0 Å². The van der Waals surface area contributed by atoms with Gasteiger partial charge in [0.2, 0.25) is 0 Å². The SMILES string of the molecule is OCC#Cc1cc(F)ccc1OCCOC(F)(F)F. The molecule has 0 bridgehead atoms. The summed E-state index contributed by atoms with van der Waals surface area (Å²) in [5.41, 5.74) is 0.140. The zero-order valence-corrected chi connectivity index (χ0v) is 9.63. The zero-order valence-electron chi connectivity index (χ0n) is 9.63. The number of aliphatic hydroxyl groups is 1. The number of halogens is 4. The van der Waals surface area contributed by atoms with E-state index >= 15 is 0 Å². The Kier molecular flexibility index (Phi) is 5.60. The number of benzene rings is 1. The Bertz CT molecular complexity index is 474. The monoisotopic (exact) mass is 278 g/mol. The summed E-state index contributed by atoms with van der Waals surface area (Å²) in [5.74, 6) is 4.28. The molecule has 0 atom stereocenters. The van der Waals surface area contributed by atoms with Gasteiger partial charge in [0.15, 0.2) is 0 Å². The molecule has 0 aliphatic heterocycles. The van der Waals surface area contributed by atoms with Crippen molar-refractivity contribution in [3.63, 3.8) is 0 Å². The molecule has 19 heavy (non-hydrogen) atoms. The lowest BCUT2D eigenvalue weighted by Gasteiger charge is -2.10. The van der Waals surface area contributed by atoms with Crippen LogP contribution in [0.1, 0.15) is 5.56 Å². The molecule has 0 fully saturated rings. The van der Waals surface area contributed by atoms with Gasteiger partial charge in [0.1, 0.15) is 24.8 Å². The molecular weight excluding hydrogens is 268 g/mol. The number of hydrogen-bond donors (Lipinski definition) is 1. The van der Waals surface area contributed by atoms with Crippen molar-refractivity contribution >= 4 is 0 Å². The van der Waals surface area contributed by atoms with Crippen molar-refractivity contribution in [1.29, 1.82) is 0 Å². The van der Waals surface area contributed by atoms with Crippen molar-refractivity contribution in [2.24, 2.45) is 0 Å². The quantitative estimate of drug-likeness (QED) is 0.520. The Morgan fingerprint density at radius 2 is 1.95 bits per heavy atom. The smallest absolute Gasteiger partial charge is 0.490 e. The molecule has 1 rings (SSSR count). The highest BCUT2D eigenvalue weighted by molar-refractivity contribution is 5.46. The first-order valence-corrected chi connectivity index (χ1v) is 5.15. The minimum atomic E-state index is -4.72. The van der Waals surface area contributed by atoms with Crippen molar-refractivity contribution in [3.8, 4) is 17.6 Å². The molecule has 0 radical (unpaired) electrons. The molecule has 1 N–H and O–H groups in total. The van der Waals surface area contributed by atoms with Crippen molar-refractivity contribution in [2.75, 3.05) is 19.8 Å². The fourth-order valence-electron chi connectivity index (χ4n) is 1.17. The summed E-state index contributed by atoms with van der Waals surface area (Å²) in [4.78, 5) is 0. The van der Waals surface area contributed by atoms with E-state index in [1.54, 1.807) is 0 Å². The van der Waals surface area contributed by atoms with Crippen LogP contribution in [0.3, 0.4) is 0 Å².